The summed E-state index contributed by atoms with van der Waals surface area (Å²) in [5.41, 5.74) is 2.08. The first-order valence-electron chi connectivity index (χ1n) is 17.2. The minimum Gasteiger partial charge on any atom is -0.413 e. The molecule has 20 heteroatoms. The molecule has 2 aromatic carbocycles. The van der Waals surface area contributed by atoms with Crippen molar-refractivity contribution in [3.8, 4) is 11.5 Å². The summed E-state index contributed by atoms with van der Waals surface area (Å²) in [7, 11) is 0. The van der Waals surface area contributed by atoms with Crippen LogP contribution in [0.1, 0.15) is 77.5 Å². The van der Waals surface area contributed by atoms with Crippen LogP contribution in [0.5, 0.6) is 0 Å². The van der Waals surface area contributed by atoms with E-state index in [4.69, 9.17) is 46.4 Å². The fourth-order valence-corrected chi connectivity index (χ4v) is 7.16. The molecular formula is C37H29Cl4F6N7O3. The van der Waals surface area contributed by atoms with Gasteiger partial charge in [-0.25, -0.2) is 19.9 Å². The number of nitrogens with zero attached hydrogens (tertiary/aromatic N) is 6. The number of carbonyl (C=O) groups is 2. The van der Waals surface area contributed by atoms with Gasteiger partial charge >= 0.3 is 24.2 Å². The molecule has 0 atom stereocenters. The molecule has 5 aromatic rings. The van der Waals surface area contributed by atoms with Gasteiger partial charge in [0.25, 0.3) is 5.89 Å². The molecule has 1 N–H and O–H groups in total. The van der Waals surface area contributed by atoms with Crippen molar-refractivity contribution in [1.29, 1.82) is 0 Å². The molecule has 2 fully saturated rings. The number of benzene rings is 2. The molecule has 0 saturated heterocycles. The Morgan fingerprint density at radius 2 is 1.16 bits per heavy atom. The Hall–Kier alpha value is -4.38. The Morgan fingerprint density at radius 1 is 0.684 bits per heavy atom. The molecule has 2 aliphatic carbocycles. The van der Waals surface area contributed by atoms with Crippen LogP contribution >= 0.6 is 46.4 Å². The maximum atomic E-state index is 12.6. The van der Waals surface area contributed by atoms with E-state index in [2.05, 4.69) is 34.6 Å². The summed E-state index contributed by atoms with van der Waals surface area (Å²) in [6.07, 6.45) is 2.60. The molecule has 3 heterocycles. The number of alkyl halides is 6. The highest BCUT2D eigenvalue weighted by molar-refractivity contribution is 6.42. The van der Waals surface area contributed by atoms with Crippen LogP contribution < -0.4 is 5.32 Å². The van der Waals surface area contributed by atoms with Gasteiger partial charge < -0.3 is 9.73 Å². The topological polar surface area (TPSA) is 137 Å². The molecule has 0 unspecified atom stereocenters. The molecule has 300 valence electrons. The van der Waals surface area contributed by atoms with Crippen molar-refractivity contribution in [3.05, 3.63) is 116 Å². The van der Waals surface area contributed by atoms with Crippen LogP contribution in [-0.4, -0.2) is 54.5 Å². The summed E-state index contributed by atoms with van der Waals surface area (Å²) < 4.78 is 78.9. The lowest BCUT2D eigenvalue weighted by Crippen LogP contribution is -2.39. The quantitative estimate of drug-likeness (QED) is 0.107. The third-order valence-corrected chi connectivity index (χ3v) is 11.5. The molecule has 0 bridgehead atoms. The molecule has 10 nitrogen and oxygen atoms in total. The summed E-state index contributed by atoms with van der Waals surface area (Å²) in [5.74, 6) is -3.48. The first kappa shape index (κ1) is 42.2. The van der Waals surface area contributed by atoms with Crippen molar-refractivity contribution in [2.24, 2.45) is 0 Å². The van der Waals surface area contributed by atoms with Gasteiger partial charge in [-0.2, -0.15) is 26.3 Å². The normalized spacial score (nSPS) is 15.8. The first-order valence-corrected chi connectivity index (χ1v) is 18.7. The maximum absolute atomic E-state index is 12.6. The van der Waals surface area contributed by atoms with E-state index in [0.717, 1.165) is 49.7 Å². The van der Waals surface area contributed by atoms with Crippen molar-refractivity contribution in [2.75, 3.05) is 6.54 Å². The summed E-state index contributed by atoms with van der Waals surface area (Å²) >= 11 is 24.3. The highest BCUT2D eigenvalue weighted by Gasteiger charge is 2.42. The molecule has 57 heavy (non-hydrogen) atoms. The third kappa shape index (κ3) is 9.85. The number of hydrogen-bond acceptors (Lipinski definition) is 9. The lowest BCUT2D eigenvalue weighted by Gasteiger charge is -2.42. The zero-order valence-corrected chi connectivity index (χ0v) is 32.3. The number of carbonyl (C=O) groups excluding carboxylic acids is 2. The average Bonchev–Trinajstić information content (AvgIpc) is 3.65. The SMILES string of the molecule is FC(F)(F)c1nnc(-c2cnc(CC3(c4ccc(Cl)c(Cl)c4)CCC3)nc2)o1.O=C(CNC(=O)C(F)(F)F)c1cnc(CC2(c3ccc(Cl)c(Cl)c3)CCC2)nc1. The predicted molar refractivity (Wildman–Crippen MR) is 197 cm³/mol. The van der Waals surface area contributed by atoms with E-state index in [1.807, 2.05) is 24.3 Å². The van der Waals surface area contributed by atoms with Crippen molar-refractivity contribution in [3.63, 3.8) is 0 Å². The van der Waals surface area contributed by atoms with E-state index < -0.39 is 36.5 Å². The van der Waals surface area contributed by atoms with Gasteiger partial charge in [0, 0.05) is 48.5 Å². The average molecular weight is 875 g/mol. The smallest absolute Gasteiger partial charge is 0.413 e. The van der Waals surface area contributed by atoms with Crippen LogP contribution in [0, 0.1) is 0 Å². The molecule has 3 aromatic heterocycles. The second-order valence-corrected chi connectivity index (χ2v) is 15.3. The van der Waals surface area contributed by atoms with Crippen molar-refractivity contribution in [2.45, 2.75) is 74.5 Å². The fraction of sp³-hybridized carbons (Fsp3) is 0.351. The molecule has 0 spiro atoms. The largest absolute Gasteiger partial charge is 0.471 e. The van der Waals surface area contributed by atoms with Crippen LogP contribution in [0.2, 0.25) is 20.1 Å². The van der Waals surface area contributed by atoms with E-state index in [1.165, 1.54) is 30.1 Å². The predicted octanol–water partition coefficient (Wildman–Crippen LogP) is 9.83. The number of aromatic nitrogens is 6. The van der Waals surface area contributed by atoms with Crippen LogP contribution in [0.3, 0.4) is 0 Å². The van der Waals surface area contributed by atoms with Gasteiger partial charge in [-0.15, -0.1) is 10.2 Å². The van der Waals surface area contributed by atoms with E-state index >= 15 is 0 Å². The minimum atomic E-state index is -5.04. The summed E-state index contributed by atoms with van der Waals surface area (Å²) in [6, 6.07) is 11.1. The molecule has 0 aliphatic heterocycles. The number of Topliss-reactive ketones (excluding diaryl/α,β-unsaturated/α-hetero) is 1. The Kier molecular flexibility index (Phi) is 12.5. The van der Waals surface area contributed by atoms with Crippen molar-refractivity contribution < 1.29 is 40.3 Å². The zero-order valence-electron chi connectivity index (χ0n) is 29.3. The third-order valence-electron chi connectivity index (χ3n) is 9.99. The highest BCUT2D eigenvalue weighted by atomic mass is 35.5. The van der Waals surface area contributed by atoms with Gasteiger partial charge in [0.2, 0.25) is 0 Å². The summed E-state index contributed by atoms with van der Waals surface area (Å²) in [6.45, 7) is -0.783. The maximum Gasteiger partial charge on any atom is 0.471 e. The Balaban J connectivity index is 0.000000193. The standard InChI is InChI=1S/C19H16Cl2F3N3O2.C18H13Cl2F3N4O/c20-13-3-2-12(6-14(13)21)18(4-1-5-18)7-16-25-8-11(9-26-16)15(28)10-27-17(29)19(22,23)24;19-12-3-2-11(6-13(12)20)17(4-1-5-17)7-14-24-8-10(9-25-14)15-26-27-16(28-15)18(21,22)23/h2-3,6,8-9H,1,4-5,7,10H2,(H,27,29);2-3,6,8-9H,1,4-5,7H2. The summed E-state index contributed by atoms with van der Waals surface area (Å²) in [4.78, 5) is 39.7. The van der Waals surface area contributed by atoms with Gasteiger partial charge in [0.1, 0.15) is 11.6 Å². The lowest BCUT2D eigenvalue weighted by molar-refractivity contribution is -0.173. The number of halogens is 10. The molecule has 7 rings (SSSR count). The van der Waals surface area contributed by atoms with Gasteiger partial charge in [0.05, 0.1) is 37.8 Å². The monoisotopic (exact) mass is 873 g/mol. The minimum absolute atomic E-state index is 0.0217. The Labute approximate surface area is 340 Å². The Bertz CT molecular complexity index is 2250. The number of nitrogens with one attached hydrogen (secondary N) is 1. The highest BCUT2D eigenvalue weighted by Crippen LogP contribution is 2.48. The van der Waals surface area contributed by atoms with Gasteiger partial charge in [-0.05, 0) is 61.1 Å². The van der Waals surface area contributed by atoms with Crippen LogP contribution in [0.4, 0.5) is 26.3 Å². The molecule has 0 radical (unpaired) electrons. The molecular weight excluding hydrogens is 846 g/mol. The van der Waals surface area contributed by atoms with E-state index in [0.29, 0.717) is 44.6 Å². The number of rotatable bonds is 10. The van der Waals surface area contributed by atoms with Crippen LogP contribution in [-0.2, 0) is 34.6 Å². The van der Waals surface area contributed by atoms with Gasteiger partial charge in [-0.3, -0.25) is 9.59 Å². The van der Waals surface area contributed by atoms with E-state index in [9.17, 15) is 35.9 Å². The van der Waals surface area contributed by atoms with E-state index in [1.54, 1.807) is 12.1 Å². The first-order chi connectivity index (χ1) is 26.9. The molecule has 2 aliphatic rings. The van der Waals surface area contributed by atoms with Gasteiger partial charge in [0.15, 0.2) is 5.78 Å². The van der Waals surface area contributed by atoms with Crippen LogP contribution in [0.15, 0.2) is 65.6 Å². The van der Waals surface area contributed by atoms with Crippen molar-refractivity contribution >= 4 is 58.1 Å². The molecule has 2 saturated carbocycles. The van der Waals surface area contributed by atoms with Gasteiger partial charge in [-0.1, -0.05) is 71.4 Å². The van der Waals surface area contributed by atoms with Crippen molar-refractivity contribution in [1.82, 2.24) is 35.5 Å². The summed E-state index contributed by atoms with van der Waals surface area (Å²) in [5, 5.41) is 9.88. The zero-order chi connectivity index (χ0) is 41.2. The number of ketones is 1. The fourth-order valence-electron chi connectivity index (χ4n) is 6.56. The second kappa shape index (κ2) is 16.8. The number of hydrogen-bond donors (Lipinski definition) is 1. The lowest BCUT2D eigenvalue weighted by atomic mass is 9.62. The second-order valence-electron chi connectivity index (χ2n) is 13.7. The molecule has 1 amide bonds. The number of amides is 1. The van der Waals surface area contributed by atoms with Crippen LogP contribution in [0.25, 0.3) is 11.5 Å². The Morgan fingerprint density at radius 3 is 1.54 bits per heavy atom. The van der Waals surface area contributed by atoms with E-state index in [-0.39, 0.29) is 27.8 Å².